The van der Waals surface area contributed by atoms with Crippen molar-refractivity contribution in [3.8, 4) is 0 Å². The zero-order valence-electron chi connectivity index (χ0n) is 15.6. The summed E-state index contributed by atoms with van der Waals surface area (Å²) in [4.78, 5) is 46.0. The van der Waals surface area contributed by atoms with Crippen LogP contribution in [-0.2, 0) is 19.2 Å². The second kappa shape index (κ2) is 10.2. The highest BCUT2D eigenvalue weighted by atomic mass is 19.4. The zero-order chi connectivity index (χ0) is 23.3. The highest BCUT2D eigenvalue weighted by molar-refractivity contribution is 5.97. The van der Waals surface area contributed by atoms with E-state index in [4.69, 9.17) is 11.5 Å². The molecule has 0 radical (unpaired) electrons. The molecule has 1 aliphatic rings. The molecule has 6 N–H and O–H groups in total. The Morgan fingerprint density at radius 2 is 1.07 bits per heavy atom. The Morgan fingerprint density at radius 1 is 0.767 bits per heavy atom. The summed E-state index contributed by atoms with van der Waals surface area (Å²) in [5.74, 6) is -5.39. The molecule has 0 aliphatic carbocycles. The monoisotopic (exact) mass is 448 g/mol. The van der Waals surface area contributed by atoms with Crippen molar-refractivity contribution in [1.29, 1.82) is 0 Å². The van der Waals surface area contributed by atoms with Gasteiger partial charge < -0.3 is 22.1 Å². The van der Waals surface area contributed by atoms with Crippen molar-refractivity contribution in [2.45, 2.75) is 75.0 Å². The number of Topliss-reactive ketones (excluding diaryl/α,β-unsaturated/α-hetero) is 2. The minimum absolute atomic E-state index is 0.156. The van der Waals surface area contributed by atoms with Crippen LogP contribution in [-0.4, -0.2) is 59.9 Å². The van der Waals surface area contributed by atoms with Crippen molar-refractivity contribution >= 4 is 23.4 Å². The number of hydrogen-bond acceptors (Lipinski definition) is 6. The number of carbonyl (C=O) groups is 4. The summed E-state index contributed by atoms with van der Waals surface area (Å²) in [6.07, 6.45) is -12.4. The van der Waals surface area contributed by atoms with Gasteiger partial charge in [-0.05, 0) is 25.7 Å². The molecule has 14 heteroatoms. The number of hydrogen-bond donors (Lipinski definition) is 4. The highest BCUT2D eigenvalue weighted by Gasteiger charge is 2.41. The van der Waals surface area contributed by atoms with Gasteiger partial charge in [0.2, 0.25) is 23.4 Å². The molecule has 8 nitrogen and oxygen atoms in total. The summed E-state index contributed by atoms with van der Waals surface area (Å²) in [5, 5.41) is 4.56. The third-order valence-electron chi connectivity index (χ3n) is 4.53. The van der Waals surface area contributed by atoms with Gasteiger partial charge in [-0.2, -0.15) is 26.3 Å². The van der Waals surface area contributed by atoms with Gasteiger partial charge in [0.1, 0.15) is 12.1 Å². The van der Waals surface area contributed by atoms with E-state index in [1.54, 1.807) is 0 Å². The molecule has 4 atom stereocenters. The fraction of sp³-hybridized carbons (Fsp3) is 0.750. The number of ketones is 2. The molecule has 0 aromatic rings. The SMILES string of the molecule is NC(CCCC(=O)C(F)(F)F)C1NC(=O)C(C(N)CCCC(=O)C(F)(F)F)NC1=O. The van der Waals surface area contributed by atoms with Crippen LogP contribution in [0.15, 0.2) is 0 Å². The zero-order valence-corrected chi connectivity index (χ0v) is 15.6. The fourth-order valence-electron chi connectivity index (χ4n) is 2.83. The largest absolute Gasteiger partial charge is 0.449 e. The smallest absolute Gasteiger partial charge is 0.341 e. The Balaban J connectivity index is 2.50. The number of alkyl halides is 6. The molecule has 0 aromatic carbocycles. The van der Waals surface area contributed by atoms with E-state index in [0.717, 1.165) is 0 Å². The lowest BCUT2D eigenvalue weighted by Crippen LogP contribution is -2.70. The second-order valence-electron chi connectivity index (χ2n) is 6.93. The molecule has 4 unspecified atom stereocenters. The van der Waals surface area contributed by atoms with Crippen molar-refractivity contribution in [2.24, 2.45) is 11.5 Å². The first kappa shape index (κ1) is 25.8. The first-order valence-corrected chi connectivity index (χ1v) is 8.96. The molecule has 2 amide bonds. The standard InChI is InChI=1S/C16H22F6N4O4/c17-15(18,19)9(27)5-1-3-7(23)11-13(29)26-12(14(30)25-11)8(24)4-2-6-10(28)16(20,21)22/h7-8,11-12H,1-6,23-24H2,(H,25,30)(H,26,29). The van der Waals surface area contributed by atoms with Crippen LogP contribution < -0.4 is 22.1 Å². The van der Waals surface area contributed by atoms with Gasteiger partial charge in [-0.25, -0.2) is 0 Å². The van der Waals surface area contributed by atoms with Crippen LogP contribution >= 0.6 is 0 Å². The number of nitrogens with one attached hydrogen (secondary N) is 2. The molecule has 1 aliphatic heterocycles. The fourth-order valence-corrected chi connectivity index (χ4v) is 2.83. The lowest BCUT2D eigenvalue weighted by molar-refractivity contribution is -0.171. The lowest BCUT2D eigenvalue weighted by atomic mass is 9.94. The normalized spacial score (nSPS) is 22.1. The second-order valence-corrected chi connectivity index (χ2v) is 6.93. The molecular formula is C16H22F6N4O4. The minimum Gasteiger partial charge on any atom is -0.341 e. The Bertz CT molecular complexity index is 611. The molecule has 0 saturated carbocycles. The predicted octanol–water partition coefficient (Wildman–Crippen LogP) is 0.228. The molecule has 30 heavy (non-hydrogen) atoms. The van der Waals surface area contributed by atoms with E-state index in [9.17, 15) is 45.5 Å². The van der Waals surface area contributed by atoms with Gasteiger partial charge in [0.25, 0.3) is 0 Å². The van der Waals surface area contributed by atoms with Crippen molar-refractivity contribution in [1.82, 2.24) is 10.6 Å². The number of rotatable bonds is 10. The molecule has 0 bridgehead atoms. The van der Waals surface area contributed by atoms with Gasteiger partial charge in [-0.15, -0.1) is 0 Å². The summed E-state index contributed by atoms with van der Waals surface area (Å²) in [6.45, 7) is 0. The van der Waals surface area contributed by atoms with Gasteiger partial charge in [-0.1, -0.05) is 0 Å². The van der Waals surface area contributed by atoms with E-state index in [0.29, 0.717) is 0 Å². The summed E-state index contributed by atoms with van der Waals surface area (Å²) < 4.78 is 73.0. The molecular weight excluding hydrogens is 426 g/mol. The van der Waals surface area contributed by atoms with E-state index in [1.807, 2.05) is 0 Å². The average molecular weight is 448 g/mol. The Morgan fingerprint density at radius 3 is 1.33 bits per heavy atom. The number of carbonyl (C=O) groups excluding carboxylic acids is 4. The quantitative estimate of drug-likeness (QED) is 0.352. The van der Waals surface area contributed by atoms with Gasteiger partial charge in [-0.3, -0.25) is 19.2 Å². The maximum absolute atomic E-state index is 12.2. The Labute approximate surface area is 167 Å². The van der Waals surface area contributed by atoms with E-state index in [2.05, 4.69) is 10.6 Å². The van der Waals surface area contributed by atoms with Gasteiger partial charge in [0, 0.05) is 24.9 Å². The van der Waals surface area contributed by atoms with Crippen LogP contribution in [0.1, 0.15) is 38.5 Å². The van der Waals surface area contributed by atoms with Gasteiger partial charge in [0.15, 0.2) is 0 Å². The third kappa shape index (κ3) is 7.55. The van der Waals surface area contributed by atoms with Crippen LogP contribution in [0.4, 0.5) is 26.3 Å². The Kier molecular flexibility index (Phi) is 8.77. The van der Waals surface area contributed by atoms with Crippen molar-refractivity contribution in [3.63, 3.8) is 0 Å². The van der Waals surface area contributed by atoms with E-state index >= 15 is 0 Å². The van der Waals surface area contributed by atoms with Crippen molar-refractivity contribution in [2.75, 3.05) is 0 Å². The molecule has 172 valence electrons. The molecule has 1 heterocycles. The molecule has 1 rings (SSSR count). The number of halogens is 6. The first-order valence-electron chi connectivity index (χ1n) is 8.96. The van der Waals surface area contributed by atoms with E-state index in [1.165, 1.54) is 0 Å². The maximum Gasteiger partial charge on any atom is 0.449 e. The summed E-state index contributed by atoms with van der Waals surface area (Å²) >= 11 is 0. The topological polar surface area (TPSA) is 144 Å². The summed E-state index contributed by atoms with van der Waals surface area (Å²) in [5.41, 5.74) is 11.5. The molecule has 0 aromatic heterocycles. The Hall–Kier alpha value is -2.22. The van der Waals surface area contributed by atoms with E-state index in [-0.39, 0.29) is 25.7 Å². The van der Waals surface area contributed by atoms with Crippen LogP contribution in [0.5, 0.6) is 0 Å². The van der Waals surface area contributed by atoms with Crippen LogP contribution in [0.2, 0.25) is 0 Å². The summed E-state index contributed by atoms with van der Waals surface area (Å²) in [6, 6.07) is -4.68. The number of nitrogens with two attached hydrogens (primary N) is 2. The molecule has 1 saturated heterocycles. The van der Waals surface area contributed by atoms with Crippen molar-refractivity contribution < 1.29 is 45.5 Å². The van der Waals surface area contributed by atoms with Crippen LogP contribution in [0.3, 0.4) is 0 Å². The van der Waals surface area contributed by atoms with Crippen LogP contribution in [0.25, 0.3) is 0 Å². The number of piperazine rings is 1. The maximum atomic E-state index is 12.2. The first-order chi connectivity index (χ1) is 13.6. The molecule has 0 spiro atoms. The van der Waals surface area contributed by atoms with Crippen molar-refractivity contribution in [3.05, 3.63) is 0 Å². The van der Waals surface area contributed by atoms with Gasteiger partial charge >= 0.3 is 12.4 Å². The van der Waals surface area contributed by atoms with E-state index < -0.39 is 72.7 Å². The lowest BCUT2D eigenvalue weighted by Gasteiger charge is -2.35. The summed E-state index contributed by atoms with van der Waals surface area (Å²) in [7, 11) is 0. The molecule has 1 fully saturated rings. The average Bonchev–Trinajstić information content (AvgIpc) is 2.61. The highest BCUT2D eigenvalue weighted by Crippen LogP contribution is 2.21. The minimum atomic E-state index is -4.96. The predicted molar refractivity (Wildman–Crippen MR) is 89.6 cm³/mol. The van der Waals surface area contributed by atoms with Crippen LogP contribution in [0, 0.1) is 0 Å². The van der Waals surface area contributed by atoms with Gasteiger partial charge in [0.05, 0.1) is 0 Å². The number of amides is 2. The third-order valence-corrected chi connectivity index (χ3v) is 4.53.